The van der Waals surface area contributed by atoms with E-state index in [1.807, 2.05) is 30.3 Å². The third kappa shape index (κ3) is 2.43. The highest BCUT2D eigenvalue weighted by Gasteiger charge is 2.05. The number of aromatic nitrogens is 3. The SMILES string of the molecule is N=C(N)c1ccc(Sc2nc3ccccc3[nH]2)nc1. The van der Waals surface area contributed by atoms with E-state index in [1.54, 1.807) is 12.3 Å². The third-order valence-electron chi connectivity index (χ3n) is 2.62. The highest BCUT2D eigenvalue weighted by molar-refractivity contribution is 7.99. The zero-order valence-electron chi connectivity index (χ0n) is 9.92. The molecule has 5 nitrogen and oxygen atoms in total. The molecule has 0 amide bonds. The fourth-order valence-electron chi connectivity index (χ4n) is 1.68. The van der Waals surface area contributed by atoms with Crippen LogP contribution in [0, 0.1) is 5.41 Å². The Morgan fingerprint density at radius 2 is 2.05 bits per heavy atom. The highest BCUT2D eigenvalue weighted by atomic mass is 32.2. The van der Waals surface area contributed by atoms with Gasteiger partial charge in [0.05, 0.1) is 11.0 Å². The van der Waals surface area contributed by atoms with E-state index in [-0.39, 0.29) is 5.84 Å². The van der Waals surface area contributed by atoms with E-state index < -0.39 is 0 Å². The van der Waals surface area contributed by atoms with E-state index in [0.29, 0.717) is 5.56 Å². The van der Waals surface area contributed by atoms with E-state index in [0.717, 1.165) is 21.2 Å². The number of rotatable bonds is 3. The lowest BCUT2D eigenvalue weighted by molar-refractivity contribution is 1.05. The number of nitrogens with one attached hydrogen (secondary N) is 2. The largest absolute Gasteiger partial charge is 0.384 e. The molecule has 0 aliphatic heterocycles. The molecule has 0 radical (unpaired) electrons. The van der Waals surface area contributed by atoms with Gasteiger partial charge in [-0.2, -0.15) is 0 Å². The molecule has 0 bridgehead atoms. The molecule has 1 aromatic carbocycles. The average molecular weight is 269 g/mol. The van der Waals surface area contributed by atoms with Gasteiger partial charge in [-0.25, -0.2) is 9.97 Å². The number of H-pyrrole nitrogens is 1. The minimum atomic E-state index is 0.0211. The van der Waals surface area contributed by atoms with Crippen LogP contribution in [0.1, 0.15) is 5.56 Å². The van der Waals surface area contributed by atoms with Crippen molar-refractivity contribution in [1.82, 2.24) is 15.0 Å². The minimum Gasteiger partial charge on any atom is -0.384 e. The topological polar surface area (TPSA) is 91.4 Å². The molecule has 4 N–H and O–H groups in total. The van der Waals surface area contributed by atoms with Crippen LogP contribution in [0.2, 0.25) is 0 Å². The molecular weight excluding hydrogens is 258 g/mol. The van der Waals surface area contributed by atoms with E-state index in [1.165, 1.54) is 11.8 Å². The molecule has 2 heterocycles. The maximum absolute atomic E-state index is 7.31. The van der Waals surface area contributed by atoms with E-state index in [2.05, 4.69) is 15.0 Å². The Balaban J connectivity index is 1.86. The van der Waals surface area contributed by atoms with Crippen molar-refractivity contribution >= 4 is 28.6 Å². The van der Waals surface area contributed by atoms with Crippen LogP contribution in [0.25, 0.3) is 11.0 Å². The first-order valence-electron chi connectivity index (χ1n) is 5.65. The highest BCUT2D eigenvalue weighted by Crippen LogP contribution is 2.25. The van der Waals surface area contributed by atoms with Crippen molar-refractivity contribution in [2.45, 2.75) is 10.2 Å². The average Bonchev–Trinajstić information content (AvgIpc) is 2.81. The molecule has 0 saturated carbocycles. The summed E-state index contributed by atoms with van der Waals surface area (Å²) in [6.07, 6.45) is 1.59. The standard InChI is InChI=1S/C13H11N5S/c14-12(15)8-5-6-11(16-7-8)19-13-17-9-3-1-2-4-10(9)18-13/h1-7H,(H3,14,15)(H,17,18). The van der Waals surface area contributed by atoms with Crippen LogP contribution in [0.5, 0.6) is 0 Å². The molecule has 0 aliphatic carbocycles. The van der Waals surface area contributed by atoms with Gasteiger partial charge in [0, 0.05) is 11.8 Å². The fraction of sp³-hybridized carbons (Fsp3) is 0. The Labute approximate surface area is 113 Å². The summed E-state index contributed by atoms with van der Waals surface area (Å²) in [6.45, 7) is 0. The van der Waals surface area contributed by atoms with E-state index >= 15 is 0 Å². The molecule has 3 rings (SSSR count). The molecule has 6 heteroatoms. The number of nitrogen functional groups attached to an aromatic ring is 1. The summed E-state index contributed by atoms with van der Waals surface area (Å²) >= 11 is 1.44. The number of hydrogen-bond donors (Lipinski definition) is 3. The number of hydrogen-bond acceptors (Lipinski definition) is 4. The first-order chi connectivity index (χ1) is 9.22. The first-order valence-corrected chi connectivity index (χ1v) is 6.47. The summed E-state index contributed by atoms with van der Waals surface area (Å²) in [7, 11) is 0. The Morgan fingerprint density at radius 3 is 2.74 bits per heavy atom. The Bertz CT molecular complexity index is 699. The normalized spacial score (nSPS) is 10.7. The van der Waals surface area contributed by atoms with Crippen molar-refractivity contribution in [3.8, 4) is 0 Å². The Kier molecular flexibility index (Phi) is 2.92. The Morgan fingerprint density at radius 1 is 1.21 bits per heavy atom. The minimum absolute atomic E-state index is 0.0211. The third-order valence-corrected chi connectivity index (χ3v) is 3.45. The maximum atomic E-state index is 7.31. The van der Waals surface area contributed by atoms with Crippen molar-refractivity contribution in [3.05, 3.63) is 48.2 Å². The van der Waals surface area contributed by atoms with Crippen LogP contribution >= 0.6 is 11.8 Å². The van der Waals surface area contributed by atoms with Crippen molar-refractivity contribution in [2.75, 3.05) is 0 Å². The lowest BCUT2D eigenvalue weighted by Crippen LogP contribution is -2.10. The first kappa shape index (κ1) is 11.7. The molecular formula is C13H11N5S. The number of nitrogens with two attached hydrogens (primary N) is 1. The van der Waals surface area contributed by atoms with Crippen LogP contribution in [0.4, 0.5) is 0 Å². The molecule has 0 spiro atoms. The second-order valence-electron chi connectivity index (χ2n) is 3.96. The lowest BCUT2D eigenvalue weighted by atomic mass is 10.3. The second kappa shape index (κ2) is 4.74. The molecule has 0 saturated heterocycles. The predicted octanol–water partition coefficient (Wildman–Crippen LogP) is 2.39. The van der Waals surface area contributed by atoms with Crippen molar-refractivity contribution in [2.24, 2.45) is 5.73 Å². The Hall–Kier alpha value is -2.34. The van der Waals surface area contributed by atoms with Gasteiger partial charge >= 0.3 is 0 Å². The van der Waals surface area contributed by atoms with Crippen LogP contribution < -0.4 is 5.73 Å². The van der Waals surface area contributed by atoms with Gasteiger partial charge in [0.1, 0.15) is 10.9 Å². The van der Waals surface area contributed by atoms with Crippen LogP contribution in [0.15, 0.2) is 52.8 Å². The van der Waals surface area contributed by atoms with Gasteiger partial charge in [-0.3, -0.25) is 5.41 Å². The van der Waals surface area contributed by atoms with Gasteiger partial charge in [-0.1, -0.05) is 12.1 Å². The van der Waals surface area contributed by atoms with Gasteiger partial charge in [0.2, 0.25) is 0 Å². The smallest absolute Gasteiger partial charge is 0.172 e. The predicted molar refractivity (Wildman–Crippen MR) is 75.5 cm³/mol. The number of amidine groups is 1. The maximum Gasteiger partial charge on any atom is 0.172 e. The number of nitrogens with zero attached hydrogens (tertiary/aromatic N) is 2. The molecule has 0 fully saturated rings. The van der Waals surface area contributed by atoms with Gasteiger partial charge < -0.3 is 10.7 Å². The molecule has 0 atom stereocenters. The summed E-state index contributed by atoms with van der Waals surface area (Å²) in [4.78, 5) is 11.9. The van der Waals surface area contributed by atoms with Gasteiger partial charge in [0.15, 0.2) is 5.16 Å². The van der Waals surface area contributed by atoms with Crippen molar-refractivity contribution < 1.29 is 0 Å². The zero-order valence-corrected chi connectivity index (χ0v) is 10.7. The molecule has 3 aromatic rings. The summed E-state index contributed by atoms with van der Waals surface area (Å²) in [5.74, 6) is 0.0211. The number of fused-ring (bicyclic) bond motifs is 1. The lowest BCUT2D eigenvalue weighted by Gasteiger charge is -1.99. The summed E-state index contributed by atoms with van der Waals surface area (Å²) in [6, 6.07) is 11.5. The van der Waals surface area contributed by atoms with Crippen molar-refractivity contribution in [1.29, 1.82) is 5.41 Å². The zero-order chi connectivity index (χ0) is 13.2. The molecule has 0 aliphatic rings. The summed E-state index contributed by atoms with van der Waals surface area (Å²) in [5.41, 5.74) is 7.95. The number of aromatic amines is 1. The van der Waals surface area contributed by atoms with E-state index in [4.69, 9.17) is 11.1 Å². The number of pyridine rings is 1. The monoisotopic (exact) mass is 269 g/mol. The van der Waals surface area contributed by atoms with Crippen LogP contribution in [-0.4, -0.2) is 20.8 Å². The molecule has 0 unspecified atom stereocenters. The van der Waals surface area contributed by atoms with Crippen molar-refractivity contribution in [3.63, 3.8) is 0 Å². The molecule has 19 heavy (non-hydrogen) atoms. The second-order valence-corrected chi connectivity index (χ2v) is 4.97. The number of para-hydroxylation sites is 2. The van der Waals surface area contributed by atoms with Gasteiger partial charge in [-0.05, 0) is 36.0 Å². The van der Waals surface area contributed by atoms with Crippen LogP contribution in [0.3, 0.4) is 0 Å². The van der Waals surface area contributed by atoms with Crippen LogP contribution in [-0.2, 0) is 0 Å². The van der Waals surface area contributed by atoms with Gasteiger partial charge in [-0.15, -0.1) is 0 Å². The van der Waals surface area contributed by atoms with Gasteiger partial charge in [0.25, 0.3) is 0 Å². The fourth-order valence-corrected chi connectivity index (χ4v) is 2.42. The molecule has 2 aromatic heterocycles. The summed E-state index contributed by atoms with van der Waals surface area (Å²) in [5, 5.41) is 8.92. The molecule has 94 valence electrons. The quantitative estimate of drug-likeness (QED) is 0.503. The summed E-state index contributed by atoms with van der Waals surface area (Å²) < 4.78 is 0. The van der Waals surface area contributed by atoms with E-state index in [9.17, 15) is 0 Å². The number of benzene rings is 1. The number of imidazole rings is 1.